The largest absolute Gasteiger partial charge is 0.507 e. The molecule has 0 aliphatic carbocycles. The monoisotopic (exact) mass is 394 g/mol. The van der Waals surface area contributed by atoms with E-state index in [0.717, 1.165) is 5.56 Å². The van der Waals surface area contributed by atoms with Crippen molar-refractivity contribution in [2.75, 3.05) is 0 Å². The molecule has 0 heterocycles. The van der Waals surface area contributed by atoms with E-state index < -0.39 is 0 Å². The van der Waals surface area contributed by atoms with Gasteiger partial charge < -0.3 is 5.11 Å². The second-order valence-electron chi connectivity index (χ2n) is 8.56. The molecule has 1 nitrogen and oxygen atoms in total. The van der Waals surface area contributed by atoms with Crippen molar-refractivity contribution >= 4 is 0 Å². The molecule has 0 spiro atoms. The first-order chi connectivity index (χ1) is 14.3. The predicted octanol–water partition coefficient (Wildman–Crippen LogP) is 9.25. The van der Waals surface area contributed by atoms with Crippen LogP contribution in [-0.2, 0) is 0 Å². The molecule has 0 aromatic heterocycles. The van der Waals surface area contributed by atoms with Gasteiger partial charge in [-0.25, -0.2) is 0 Å². The van der Waals surface area contributed by atoms with E-state index in [-0.39, 0.29) is 0 Å². The minimum Gasteiger partial charge on any atom is -0.507 e. The highest BCUT2D eigenvalue weighted by Gasteiger charge is 2.17. The molecule has 0 saturated heterocycles. The van der Waals surface area contributed by atoms with Crippen molar-refractivity contribution in [3.8, 4) is 16.9 Å². The zero-order valence-corrected chi connectivity index (χ0v) is 18.8. The highest BCUT2D eigenvalue weighted by molar-refractivity contribution is 5.73. The Morgan fingerprint density at radius 3 is 1.76 bits per heavy atom. The molecule has 0 bridgehead atoms. The third-order valence-electron chi connectivity index (χ3n) is 6.16. The van der Waals surface area contributed by atoms with Gasteiger partial charge in [-0.3, -0.25) is 0 Å². The summed E-state index contributed by atoms with van der Waals surface area (Å²) in [5.74, 6) is 0.979. The third kappa shape index (κ3) is 8.25. The van der Waals surface area contributed by atoms with E-state index in [2.05, 4.69) is 38.1 Å². The van der Waals surface area contributed by atoms with Gasteiger partial charge in [0.15, 0.2) is 0 Å². The summed E-state index contributed by atoms with van der Waals surface area (Å²) in [6, 6.07) is 16.5. The number of unbranched alkanes of at least 4 members (excludes halogenated alkanes) is 9. The lowest BCUT2D eigenvalue weighted by Crippen LogP contribution is -2.02. The summed E-state index contributed by atoms with van der Waals surface area (Å²) in [5.41, 5.74) is 3.60. The minimum absolute atomic E-state index is 0.386. The number of benzene rings is 2. The number of aromatic hydroxyl groups is 1. The Kier molecular flexibility index (Phi) is 11.6. The molecule has 0 saturated carbocycles. The highest BCUT2D eigenvalue weighted by atomic mass is 16.3. The van der Waals surface area contributed by atoms with Crippen LogP contribution < -0.4 is 0 Å². The number of rotatable bonds is 15. The molecule has 2 aromatic rings. The summed E-state index contributed by atoms with van der Waals surface area (Å²) in [5, 5.41) is 10.4. The van der Waals surface area contributed by atoms with Crippen LogP contribution >= 0.6 is 0 Å². The van der Waals surface area contributed by atoms with Crippen molar-refractivity contribution in [2.45, 2.75) is 103 Å². The average molecular weight is 395 g/mol. The quantitative estimate of drug-likeness (QED) is 0.298. The minimum atomic E-state index is 0.386. The fourth-order valence-corrected chi connectivity index (χ4v) is 4.41. The number of phenolic OH excluding ortho intramolecular Hbond substituents is 1. The highest BCUT2D eigenvalue weighted by Crippen LogP contribution is 2.38. The molecule has 0 amide bonds. The standard InChI is InChI=1S/C28H42O/c1-3-5-7-8-9-10-11-12-13-19-24(18-6-4-2)25-20-14-15-21-26(25)27-22-16-17-23-28(27)29/h14-17,20-24,29H,3-13,18-19H2,1-2H3. The molecule has 2 rings (SSSR count). The molecule has 0 radical (unpaired) electrons. The van der Waals surface area contributed by atoms with Crippen LogP contribution in [0.1, 0.15) is 109 Å². The summed E-state index contributed by atoms with van der Waals surface area (Å²) in [4.78, 5) is 0. The van der Waals surface area contributed by atoms with E-state index in [0.29, 0.717) is 11.7 Å². The Bertz CT molecular complexity index is 676. The zero-order valence-electron chi connectivity index (χ0n) is 18.8. The smallest absolute Gasteiger partial charge is 0.123 e. The van der Waals surface area contributed by atoms with Crippen LogP contribution in [0.4, 0.5) is 0 Å². The molecular formula is C28H42O. The van der Waals surface area contributed by atoms with Crippen molar-refractivity contribution in [1.29, 1.82) is 0 Å². The first-order valence-electron chi connectivity index (χ1n) is 12.1. The SMILES string of the molecule is CCCCCCCCCCCC(CCCC)c1ccccc1-c1ccccc1O. The first-order valence-corrected chi connectivity index (χ1v) is 12.1. The van der Waals surface area contributed by atoms with Crippen LogP contribution in [0, 0.1) is 0 Å². The summed E-state index contributed by atoms with van der Waals surface area (Å²) < 4.78 is 0. The van der Waals surface area contributed by atoms with E-state index in [1.165, 1.54) is 94.6 Å². The van der Waals surface area contributed by atoms with Crippen LogP contribution in [0.15, 0.2) is 48.5 Å². The van der Waals surface area contributed by atoms with Gasteiger partial charge in [-0.1, -0.05) is 127 Å². The zero-order chi connectivity index (χ0) is 20.7. The topological polar surface area (TPSA) is 20.2 Å². The molecule has 1 N–H and O–H groups in total. The Morgan fingerprint density at radius 2 is 1.10 bits per heavy atom. The maximum absolute atomic E-state index is 10.4. The Labute approximate surface area is 179 Å². The fourth-order valence-electron chi connectivity index (χ4n) is 4.41. The van der Waals surface area contributed by atoms with Crippen LogP contribution in [0.25, 0.3) is 11.1 Å². The Balaban J connectivity index is 1.94. The van der Waals surface area contributed by atoms with Crippen LogP contribution in [0.5, 0.6) is 5.75 Å². The lowest BCUT2D eigenvalue weighted by atomic mass is 9.84. The summed E-state index contributed by atoms with van der Waals surface area (Å²) in [7, 11) is 0. The van der Waals surface area contributed by atoms with Crippen molar-refractivity contribution < 1.29 is 5.11 Å². The van der Waals surface area contributed by atoms with Crippen LogP contribution in [0.2, 0.25) is 0 Å². The van der Waals surface area contributed by atoms with Gasteiger partial charge in [-0.15, -0.1) is 0 Å². The number of hydrogen-bond donors (Lipinski definition) is 1. The van der Waals surface area contributed by atoms with E-state index >= 15 is 0 Å². The predicted molar refractivity (Wildman–Crippen MR) is 128 cm³/mol. The molecule has 0 aliphatic heterocycles. The van der Waals surface area contributed by atoms with E-state index in [9.17, 15) is 5.11 Å². The molecule has 2 aromatic carbocycles. The summed E-state index contributed by atoms with van der Waals surface area (Å²) in [6.07, 6.45) is 17.5. The number of para-hydroxylation sites is 1. The average Bonchev–Trinajstić information content (AvgIpc) is 2.75. The van der Waals surface area contributed by atoms with Crippen LogP contribution in [-0.4, -0.2) is 5.11 Å². The lowest BCUT2D eigenvalue weighted by Gasteiger charge is -2.21. The maximum Gasteiger partial charge on any atom is 0.123 e. The van der Waals surface area contributed by atoms with Gasteiger partial charge in [0.05, 0.1) is 0 Å². The first kappa shape index (κ1) is 23.5. The molecular weight excluding hydrogens is 352 g/mol. The van der Waals surface area contributed by atoms with Gasteiger partial charge in [0, 0.05) is 5.56 Å². The van der Waals surface area contributed by atoms with Crippen molar-refractivity contribution in [1.82, 2.24) is 0 Å². The second kappa shape index (κ2) is 14.3. The maximum atomic E-state index is 10.4. The molecule has 1 atom stereocenters. The Morgan fingerprint density at radius 1 is 0.586 bits per heavy atom. The van der Waals surface area contributed by atoms with Crippen molar-refractivity contribution in [3.63, 3.8) is 0 Å². The summed E-state index contributed by atoms with van der Waals surface area (Å²) in [6.45, 7) is 4.57. The van der Waals surface area contributed by atoms with Crippen molar-refractivity contribution in [3.05, 3.63) is 54.1 Å². The van der Waals surface area contributed by atoms with Crippen LogP contribution in [0.3, 0.4) is 0 Å². The normalized spacial score (nSPS) is 12.2. The number of hydrogen-bond acceptors (Lipinski definition) is 1. The van der Waals surface area contributed by atoms with Gasteiger partial charge in [-0.2, -0.15) is 0 Å². The number of phenols is 1. The summed E-state index contributed by atoms with van der Waals surface area (Å²) >= 11 is 0. The van der Waals surface area contributed by atoms with Gasteiger partial charge in [0.1, 0.15) is 5.75 Å². The molecule has 160 valence electrons. The molecule has 0 fully saturated rings. The van der Waals surface area contributed by atoms with E-state index in [1.807, 2.05) is 18.2 Å². The van der Waals surface area contributed by atoms with Crippen molar-refractivity contribution in [2.24, 2.45) is 0 Å². The van der Waals surface area contributed by atoms with Gasteiger partial charge in [0.2, 0.25) is 0 Å². The van der Waals surface area contributed by atoms with E-state index in [1.54, 1.807) is 6.07 Å². The second-order valence-corrected chi connectivity index (χ2v) is 8.56. The molecule has 1 heteroatoms. The Hall–Kier alpha value is -1.76. The third-order valence-corrected chi connectivity index (χ3v) is 6.16. The fraction of sp³-hybridized carbons (Fsp3) is 0.571. The van der Waals surface area contributed by atoms with E-state index in [4.69, 9.17) is 0 Å². The lowest BCUT2D eigenvalue weighted by molar-refractivity contribution is 0.476. The van der Waals surface area contributed by atoms with Gasteiger partial charge >= 0.3 is 0 Å². The molecule has 0 aliphatic rings. The molecule has 1 unspecified atom stereocenters. The molecule has 29 heavy (non-hydrogen) atoms. The van der Waals surface area contributed by atoms with Gasteiger partial charge in [-0.05, 0) is 36.0 Å². The van der Waals surface area contributed by atoms with Gasteiger partial charge in [0.25, 0.3) is 0 Å².